The summed E-state index contributed by atoms with van der Waals surface area (Å²) in [7, 11) is -1.49. The van der Waals surface area contributed by atoms with E-state index in [4.69, 9.17) is 4.42 Å². The van der Waals surface area contributed by atoms with Crippen LogP contribution in [-0.2, 0) is 17.5 Å². The first kappa shape index (κ1) is 19.9. The second-order valence-corrected chi connectivity index (χ2v) is 7.19. The van der Waals surface area contributed by atoms with Gasteiger partial charge in [-0.15, -0.1) is 10.2 Å². The lowest BCUT2D eigenvalue weighted by atomic mass is 10.2. The molecule has 6 nitrogen and oxygen atoms in total. The molecule has 28 heavy (non-hydrogen) atoms. The van der Waals surface area contributed by atoms with Crippen molar-refractivity contribution in [3.05, 3.63) is 59.7 Å². The monoisotopic (exact) mass is 414 g/mol. The van der Waals surface area contributed by atoms with Crippen molar-refractivity contribution in [3.63, 3.8) is 0 Å². The third-order valence-electron chi connectivity index (χ3n) is 3.69. The number of hydrogen-bond acceptors (Lipinski definition) is 5. The van der Waals surface area contributed by atoms with Crippen molar-refractivity contribution < 1.29 is 26.2 Å². The fourth-order valence-electron chi connectivity index (χ4n) is 2.31. The Kier molecular flexibility index (Phi) is 6.02. The van der Waals surface area contributed by atoms with Crippen LogP contribution in [0.25, 0.3) is 11.5 Å². The maximum atomic E-state index is 13.6. The predicted molar refractivity (Wildman–Crippen MR) is 93.7 cm³/mol. The van der Waals surface area contributed by atoms with Gasteiger partial charge in [0.15, 0.2) is 11.6 Å². The van der Waals surface area contributed by atoms with Gasteiger partial charge in [-0.25, -0.2) is 13.0 Å². The average molecular weight is 414 g/mol. The standard InChI is InChI=1S/C17H14F4N4O2S/c1-2-28(26)25(12-5-6-13(18)14(19)7-12)9-11-4-3-10(8-22-11)16-23-24-17(27-16)15(20)21/h3-8,15H,2,9H2,1H3. The Morgan fingerprint density at radius 3 is 2.50 bits per heavy atom. The van der Waals surface area contributed by atoms with E-state index in [0.717, 1.165) is 12.1 Å². The minimum Gasteiger partial charge on any atom is -0.415 e. The first-order chi connectivity index (χ1) is 13.4. The maximum Gasteiger partial charge on any atom is 0.314 e. The Labute approximate surface area is 159 Å². The molecule has 11 heteroatoms. The van der Waals surface area contributed by atoms with Gasteiger partial charge in [0, 0.05) is 18.0 Å². The Balaban J connectivity index is 1.82. The van der Waals surface area contributed by atoms with E-state index in [1.807, 2.05) is 0 Å². The summed E-state index contributed by atoms with van der Waals surface area (Å²) in [5.41, 5.74) is 1.03. The van der Waals surface area contributed by atoms with Gasteiger partial charge in [-0.3, -0.25) is 9.29 Å². The van der Waals surface area contributed by atoms with Crippen molar-refractivity contribution >= 4 is 16.7 Å². The zero-order valence-electron chi connectivity index (χ0n) is 14.5. The number of nitrogens with zero attached hydrogens (tertiary/aromatic N) is 4. The molecule has 0 aliphatic rings. The molecule has 0 amide bonds. The maximum absolute atomic E-state index is 13.6. The molecule has 0 aliphatic carbocycles. The number of anilines is 1. The van der Waals surface area contributed by atoms with E-state index in [1.54, 1.807) is 13.0 Å². The van der Waals surface area contributed by atoms with Gasteiger partial charge in [-0.1, -0.05) is 6.92 Å². The number of halogens is 4. The van der Waals surface area contributed by atoms with Crippen molar-refractivity contribution in [2.75, 3.05) is 10.1 Å². The van der Waals surface area contributed by atoms with E-state index >= 15 is 0 Å². The highest BCUT2D eigenvalue weighted by atomic mass is 32.2. The van der Waals surface area contributed by atoms with Gasteiger partial charge in [-0.2, -0.15) is 8.78 Å². The number of benzene rings is 1. The second-order valence-electron chi connectivity index (χ2n) is 5.53. The molecule has 0 N–H and O–H groups in total. The van der Waals surface area contributed by atoms with Crippen LogP contribution in [0, 0.1) is 11.6 Å². The third-order valence-corrected chi connectivity index (χ3v) is 5.01. The molecule has 0 bridgehead atoms. The molecule has 0 fully saturated rings. The van der Waals surface area contributed by atoms with Gasteiger partial charge < -0.3 is 4.42 Å². The van der Waals surface area contributed by atoms with Crippen LogP contribution in [0.3, 0.4) is 0 Å². The molecule has 0 radical (unpaired) electrons. The number of pyridine rings is 1. The predicted octanol–water partition coefficient (Wildman–Crippen LogP) is 4.04. The zero-order valence-corrected chi connectivity index (χ0v) is 15.3. The van der Waals surface area contributed by atoms with E-state index in [0.29, 0.717) is 11.3 Å². The van der Waals surface area contributed by atoms with E-state index in [2.05, 4.69) is 15.2 Å². The molecule has 1 unspecified atom stereocenters. The smallest absolute Gasteiger partial charge is 0.314 e. The van der Waals surface area contributed by atoms with E-state index < -0.39 is 34.9 Å². The second kappa shape index (κ2) is 8.46. The van der Waals surface area contributed by atoms with Crippen LogP contribution in [0.5, 0.6) is 0 Å². The summed E-state index contributed by atoms with van der Waals surface area (Å²) in [5.74, 6) is -2.69. The topological polar surface area (TPSA) is 72.1 Å². The number of hydrogen-bond donors (Lipinski definition) is 0. The largest absolute Gasteiger partial charge is 0.415 e. The number of aromatic nitrogens is 3. The summed E-state index contributed by atoms with van der Waals surface area (Å²) < 4.78 is 70.4. The summed E-state index contributed by atoms with van der Waals surface area (Å²) in [5, 5.41) is 6.78. The van der Waals surface area contributed by atoms with Crippen LogP contribution < -0.4 is 4.31 Å². The highest BCUT2D eigenvalue weighted by Crippen LogP contribution is 2.24. The van der Waals surface area contributed by atoms with E-state index in [9.17, 15) is 21.8 Å². The van der Waals surface area contributed by atoms with E-state index in [-0.39, 0.29) is 23.9 Å². The molecule has 0 spiro atoms. The molecule has 3 rings (SSSR count). The summed E-state index contributed by atoms with van der Waals surface area (Å²) in [6.07, 6.45) is -1.53. The van der Waals surface area contributed by atoms with Crippen molar-refractivity contribution in [1.29, 1.82) is 0 Å². The minimum absolute atomic E-state index is 0.0535. The lowest BCUT2D eigenvalue weighted by Crippen LogP contribution is -2.27. The van der Waals surface area contributed by atoms with Crippen LogP contribution >= 0.6 is 0 Å². The first-order valence-electron chi connectivity index (χ1n) is 8.07. The average Bonchev–Trinajstić information content (AvgIpc) is 3.19. The highest BCUT2D eigenvalue weighted by molar-refractivity contribution is 7.86. The summed E-state index contributed by atoms with van der Waals surface area (Å²) in [6.45, 7) is 1.74. The van der Waals surface area contributed by atoms with Crippen LogP contribution in [0.4, 0.5) is 23.2 Å². The Morgan fingerprint density at radius 2 is 1.93 bits per heavy atom. The van der Waals surface area contributed by atoms with Crippen molar-refractivity contribution in [1.82, 2.24) is 15.2 Å². The SMILES string of the molecule is CCS(=O)N(Cc1ccc(-c2nnc(C(F)F)o2)cn1)c1ccc(F)c(F)c1. The fraction of sp³-hybridized carbons (Fsp3) is 0.235. The zero-order chi connectivity index (χ0) is 20.3. The molecule has 2 heterocycles. The normalized spacial score (nSPS) is 12.4. The van der Waals surface area contributed by atoms with Crippen molar-refractivity contribution in [3.8, 4) is 11.5 Å². The van der Waals surface area contributed by atoms with Gasteiger partial charge >= 0.3 is 6.43 Å². The van der Waals surface area contributed by atoms with Gasteiger partial charge in [0.2, 0.25) is 5.89 Å². The van der Waals surface area contributed by atoms with Gasteiger partial charge in [0.25, 0.3) is 5.89 Å². The molecular formula is C17H14F4N4O2S. The Hall–Kier alpha value is -2.82. The van der Waals surface area contributed by atoms with Crippen LogP contribution in [0.15, 0.2) is 40.9 Å². The Bertz CT molecular complexity index is 982. The molecule has 2 aromatic heterocycles. The van der Waals surface area contributed by atoms with Crippen LogP contribution in [0.2, 0.25) is 0 Å². The Morgan fingerprint density at radius 1 is 1.14 bits per heavy atom. The van der Waals surface area contributed by atoms with Crippen LogP contribution in [-0.4, -0.2) is 25.1 Å². The molecule has 1 atom stereocenters. The molecule has 0 saturated heterocycles. The molecule has 3 aromatic rings. The molecular weight excluding hydrogens is 400 g/mol. The van der Waals surface area contributed by atoms with Gasteiger partial charge in [0.05, 0.1) is 23.5 Å². The summed E-state index contributed by atoms with van der Waals surface area (Å²) in [4.78, 5) is 4.17. The first-order valence-corrected chi connectivity index (χ1v) is 9.34. The molecule has 0 aliphatic heterocycles. The van der Waals surface area contributed by atoms with Crippen molar-refractivity contribution in [2.45, 2.75) is 19.9 Å². The lowest BCUT2D eigenvalue weighted by molar-refractivity contribution is 0.116. The van der Waals surface area contributed by atoms with Crippen LogP contribution in [0.1, 0.15) is 24.9 Å². The third kappa shape index (κ3) is 4.35. The molecule has 1 aromatic carbocycles. The fourth-order valence-corrected chi connectivity index (χ4v) is 3.24. The number of alkyl halides is 2. The van der Waals surface area contributed by atoms with Gasteiger partial charge in [0.1, 0.15) is 11.0 Å². The number of rotatable bonds is 7. The molecule has 148 valence electrons. The van der Waals surface area contributed by atoms with Gasteiger partial charge in [-0.05, 0) is 24.3 Å². The summed E-state index contributed by atoms with van der Waals surface area (Å²) >= 11 is 0. The molecule has 0 saturated carbocycles. The summed E-state index contributed by atoms with van der Waals surface area (Å²) in [6, 6.07) is 6.33. The minimum atomic E-state index is -2.87. The quantitative estimate of drug-likeness (QED) is 0.546. The lowest BCUT2D eigenvalue weighted by Gasteiger charge is -2.22. The van der Waals surface area contributed by atoms with E-state index in [1.165, 1.54) is 22.6 Å². The highest BCUT2D eigenvalue weighted by Gasteiger charge is 2.19. The van der Waals surface area contributed by atoms with Crippen molar-refractivity contribution in [2.24, 2.45) is 0 Å².